The Labute approximate surface area is 87.7 Å². The Hall–Kier alpha value is -1.23. The molecule has 14 heavy (non-hydrogen) atoms. The van der Waals surface area contributed by atoms with Crippen molar-refractivity contribution in [1.82, 2.24) is 0 Å². The molecule has 3 nitrogen and oxygen atoms in total. The van der Waals surface area contributed by atoms with Crippen LogP contribution >= 0.6 is 15.9 Å². The highest BCUT2D eigenvalue weighted by molar-refractivity contribution is 9.10. The van der Waals surface area contributed by atoms with Crippen LogP contribution in [0.2, 0.25) is 0 Å². The van der Waals surface area contributed by atoms with Gasteiger partial charge in [-0.25, -0.2) is 4.39 Å². The van der Waals surface area contributed by atoms with E-state index in [1.54, 1.807) is 0 Å². The monoisotopic (exact) mass is 260 g/mol. The van der Waals surface area contributed by atoms with Gasteiger partial charge in [-0.1, -0.05) is 15.9 Å². The number of halogens is 2. The van der Waals surface area contributed by atoms with Crippen LogP contribution in [0.3, 0.4) is 0 Å². The van der Waals surface area contributed by atoms with Crippen molar-refractivity contribution in [3.63, 3.8) is 0 Å². The highest BCUT2D eigenvalue weighted by Gasteiger charge is 2.14. The van der Waals surface area contributed by atoms with E-state index in [9.17, 15) is 14.0 Å². The third-order valence-corrected chi connectivity index (χ3v) is 2.23. The molecule has 1 aromatic rings. The van der Waals surface area contributed by atoms with Crippen LogP contribution in [0.4, 0.5) is 4.39 Å². The van der Waals surface area contributed by atoms with Crippen LogP contribution in [0.15, 0.2) is 22.7 Å². The Bertz CT molecular complexity index is 390. The van der Waals surface area contributed by atoms with Gasteiger partial charge in [0.1, 0.15) is 12.2 Å². The van der Waals surface area contributed by atoms with Gasteiger partial charge in [0.05, 0.1) is 0 Å². The summed E-state index contributed by atoms with van der Waals surface area (Å²) in [5.74, 6) is -2.42. The van der Waals surface area contributed by atoms with E-state index in [1.165, 1.54) is 12.1 Å². The summed E-state index contributed by atoms with van der Waals surface area (Å²) in [6.07, 6.45) is -0.637. The van der Waals surface area contributed by atoms with Crippen LogP contribution in [0.5, 0.6) is 0 Å². The highest BCUT2D eigenvalue weighted by atomic mass is 79.9. The van der Waals surface area contributed by atoms with E-state index < -0.39 is 24.0 Å². The molecule has 0 heterocycles. The normalized spacial score (nSPS) is 9.86. The Morgan fingerprint density at radius 3 is 2.64 bits per heavy atom. The first-order chi connectivity index (χ1) is 6.50. The fourth-order valence-electron chi connectivity index (χ4n) is 0.944. The summed E-state index contributed by atoms with van der Waals surface area (Å²) in [7, 11) is 0. The number of carboxylic acids is 1. The number of benzene rings is 1. The molecule has 0 aromatic heterocycles. The lowest BCUT2D eigenvalue weighted by molar-refractivity contribution is -0.135. The average molecular weight is 261 g/mol. The van der Waals surface area contributed by atoms with Gasteiger partial charge in [-0.05, 0) is 18.2 Å². The molecule has 1 aromatic carbocycles. The van der Waals surface area contributed by atoms with Gasteiger partial charge < -0.3 is 5.11 Å². The minimum absolute atomic E-state index is 0.0485. The SMILES string of the molecule is O=C(O)CC(=O)c1cc(F)ccc1Br. The first-order valence-electron chi connectivity index (χ1n) is 3.70. The molecule has 0 aliphatic rings. The molecule has 0 spiro atoms. The van der Waals surface area contributed by atoms with Crippen molar-refractivity contribution in [2.45, 2.75) is 6.42 Å². The largest absolute Gasteiger partial charge is 0.481 e. The van der Waals surface area contributed by atoms with Crippen LogP contribution < -0.4 is 0 Å². The molecule has 1 rings (SSSR count). The fourth-order valence-corrected chi connectivity index (χ4v) is 1.41. The third kappa shape index (κ3) is 2.63. The van der Waals surface area contributed by atoms with Gasteiger partial charge >= 0.3 is 5.97 Å². The lowest BCUT2D eigenvalue weighted by Crippen LogP contribution is -2.07. The van der Waals surface area contributed by atoms with Crippen LogP contribution in [0, 0.1) is 5.82 Å². The van der Waals surface area contributed by atoms with Crippen molar-refractivity contribution in [3.05, 3.63) is 34.1 Å². The lowest BCUT2D eigenvalue weighted by atomic mass is 10.1. The van der Waals surface area contributed by atoms with E-state index in [-0.39, 0.29) is 5.56 Å². The molecule has 74 valence electrons. The second-order valence-corrected chi connectivity index (χ2v) is 3.47. The summed E-state index contributed by atoms with van der Waals surface area (Å²) in [4.78, 5) is 21.5. The molecule has 0 bridgehead atoms. The molecular weight excluding hydrogens is 255 g/mol. The average Bonchev–Trinajstić information content (AvgIpc) is 2.08. The molecular formula is C9H6BrFO3. The van der Waals surface area contributed by atoms with Crippen LogP contribution in [-0.4, -0.2) is 16.9 Å². The maximum atomic E-state index is 12.7. The predicted molar refractivity (Wildman–Crippen MR) is 50.7 cm³/mol. The second-order valence-electron chi connectivity index (χ2n) is 2.62. The van der Waals surface area contributed by atoms with Gasteiger partial charge in [0.2, 0.25) is 0 Å². The van der Waals surface area contributed by atoms with Crippen LogP contribution in [-0.2, 0) is 4.79 Å². The van der Waals surface area contributed by atoms with Crippen LogP contribution in [0.25, 0.3) is 0 Å². The number of carbonyl (C=O) groups excluding carboxylic acids is 1. The van der Waals surface area contributed by atoms with Crippen molar-refractivity contribution in [3.8, 4) is 0 Å². The maximum absolute atomic E-state index is 12.7. The lowest BCUT2D eigenvalue weighted by Gasteiger charge is -2.01. The molecule has 0 radical (unpaired) electrons. The Morgan fingerprint density at radius 1 is 1.43 bits per heavy atom. The quantitative estimate of drug-likeness (QED) is 0.670. The van der Waals surface area contributed by atoms with Crippen molar-refractivity contribution in [1.29, 1.82) is 0 Å². The zero-order valence-electron chi connectivity index (χ0n) is 6.96. The molecule has 0 saturated carbocycles. The maximum Gasteiger partial charge on any atom is 0.311 e. The highest BCUT2D eigenvalue weighted by Crippen LogP contribution is 2.19. The Kier molecular flexibility index (Phi) is 3.35. The molecule has 1 N–H and O–H groups in total. The van der Waals surface area contributed by atoms with E-state index in [4.69, 9.17) is 5.11 Å². The summed E-state index contributed by atoms with van der Waals surface area (Å²) < 4.78 is 13.1. The number of carboxylic acid groups (broad SMARTS) is 1. The molecule has 0 aliphatic carbocycles. The Balaban J connectivity index is 3.00. The summed E-state index contributed by atoms with van der Waals surface area (Å²) in [6.45, 7) is 0. The summed E-state index contributed by atoms with van der Waals surface area (Å²) in [5.41, 5.74) is 0.0485. The molecule has 0 unspecified atom stereocenters. The van der Waals surface area contributed by atoms with E-state index in [0.717, 1.165) is 6.07 Å². The molecule has 0 fully saturated rings. The van der Waals surface area contributed by atoms with Gasteiger partial charge in [0.25, 0.3) is 0 Å². The van der Waals surface area contributed by atoms with Crippen molar-refractivity contribution in [2.24, 2.45) is 0 Å². The van der Waals surface area contributed by atoms with Crippen molar-refractivity contribution < 1.29 is 19.1 Å². The predicted octanol–water partition coefficient (Wildman–Crippen LogP) is 2.25. The molecule has 0 saturated heterocycles. The summed E-state index contributed by atoms with van der Waals surface area (Å²) in [6, 6.07) is 3.56. The summed E-state index contributed by atoms with van der Waals surface area (Å²) >= 11 is 3.04. The Morgan fingerprint density at radius 2 is 2.07 bits per heavy atom. The zero-order chi connectivity index (χ0) is 10.7. The number of carbonyl (C=O) groups is 2. The van der Waals surface area contributed by atoms with Crippen molar-refractivity contribution >= 4 is 27.7 Å². The van der Waals surface area contributed by atoms with Gasteiger partial charge in [0, 0.05) is 10.0 Å². The first-order valence-corrected chi connectivity index (χ1v) is 4.50. The third-order valence-electron chi connectivity index (χ3n) is 1.54. The molecule has 0 aliphatic heterocycles. The smallest absolute Gasteiger partial charge is 0.311 e. The fraction of sp³-hybridized carbons (Fsp3) is 0.111. The summed E-state index contributed by atoms with van der Waals surface area (Å²) in [5, 5.41) is 8.38. The second kappa shape index (κ2) is 4.32. The minimum Gasteiger partial charge on any atom is -0.481 e. The van der Waals surface area contributed by atoms with Gasteiger partial charge in [0.15, 0.2) is 5.78 Å². The number of ketones is 1. The van der Waals surface area contributed by atoms with E-state index in [2.05, 4.69) is 15.9 Å². The molecule has 0 atom stereocenters. The number of Topliss-reactive ketones (excluding diaryl/α,β-unsaturated/α-hetero) is 1. The molecule has 0 amide bonds. The number of hydrogen-bond donors (Lipinski definition) is 1. The number of rotatable bonds is 3. The zero-order valence-corrected chi connectivity index (χ0v) is 8.54. The van der Waals surface area contributed by atoms with Crippen LogP contribution in [0.1, 0.15) is 16.8 Å². The van der Waals surface area contributed by atoms with E-state index in [1.807, 2.05) is 0 Å². The van der Waals surface area contributed by atoms with E-state index in [0.29, 0.717) is 4.47 Å². The van der Waals surface area contributed by atoms with E-state index >= 15 is 0 Å². The topological polar surface area (TPSA) is 54.4 Å². The van der Waals surface area contributed by atoms with Crippen molar-refractivity contribution in [2.75, 3.05) is 0 Å². The van der Waals surface area contributed by atoms with Gasteiger partial charge in [-0.2, -0.15) is 0 Å². The molecule has 5 heteroatoms. The van der Waals surface area contributed by atoms with Gasteiger partial charge in [-0.3, -0.25) is 9.59 Å². The van der Waals surface area contributed by atoms with Gasteiger partial charge in [-0.15, -0.1) is 0 Å². The standard InChI is InChI=1S/C9H6BrFO3/c10-7-2-1-5(11)3-6(7)8(12)4-9(13)14/h1-3H,4H2,(H,13,14). The number of hydrogen-bond acceptors (Lipinski definition) is 2. The number of aliphatic carboxylic acids is 1. The first kappa shape index (κ1) is 10.8. The minimum atomic E-state index is -1.23.